The molecular formula is C9H7NSe. The van der Waals surface area contributed by atoms with Gasteiger partial charge in [-0.2, -0.15) is 0 Å². The summed E-state index contributed by atoms with van der Waals surface area (Å²) >= 11 is 2.44. The third-order valence-electron chi connectivity index (χ3n) is 1.58. The van der Waals surface area contributed by atoms with E-state index < -0.39 is 0 Å². The summed E-state index contributed by atoms with van der Waals surface area (Å²) in [6, 6.07) is 12.2. The molecule has 0 atom stereocenters. The third kappa shape index (κ3) is 1.28. The summed E-state index contributed by atoms with van der Waals surface area (Å²) in [7, 11) is 0. The Balaban J connectivity index is 2.83. The molecule has 0 amide bonds. The minimum atomic E-state index is 1.01. The Kier molecular flexibility index (Phi) is 1.65. The minimum absolute atomic E-state index is 1.01. The van der Waals surface area contributed by atoms with Crippen molar-refractivity contribution in [3.05, 3.63) is 36.4 Å². The van der Waals surface area contributed by atoms with Crippen LogP contribution in [0.25, 0.3) is 10.9 Å². The Labute approximate surface area is 73.3 Å². The van der Waals surface area contributed by atoms with Gasteiger partial charge in [-0.3, -0.25) is 0 Å². The van der Waals surface area contributed by atoms with Crippen molar-refractivity contribution in [3.63, 3.8) is 0 Å². The fraction of sp³-hybridized carbons (Fsp3) is 0. The molecule has 2 heteroatoms. The van der Waals surface area contributed by atoms with Crippen LogP contribution < -0.4 is 4.59 Å². The van der Waals surface area contributed by atoms with Gasteiger partial charge >= 0.3 is 72.9 Å². The molecule has 0 aliphatic rings. The zero-order valence-corrected chi connectivity index (χ0v) is 7.74. The maximum absolute atomic E-state index is 4.35. The molecular weight excluding hydrogens is 201 g/mol. The van der Waals surface area contributed by atoms with Crippen molar-refractivity contribution in [1.82, 2.24) is 4.98 Å². The molecule has 1 nitrogen and oxygen atoms in total. The topological polar surface area (TPSA) is 12.9 Å². The Morgan fingerprint density at radius 2 is 1.82 bits per heavy atom. The molecule has 54 valence electrons. The van der Waals surface area contributed by atoms with Gasteiger partial charge in [-0.05, 0) is 0 Å². The maximum atomic E-state index is 4.35. The molecule has 0 aliphatic heterocycles. The molecule has 0 bridgehead atoms. The number of fused-ring (bicyclic) bond motifs is 1. The van der Waals surface area contributed by atoms with Crippen molar-refractivity contribution in [1.29, 1.82) is 0 Å². The van der Waals surface area contributed by atoms with Crippen LogP contribution in [0.3, 0.4) is 0 Å². The Morgan fingerprint density at radius 3 is 2.73 bits per heavy atom. The van der Waals surface area contributed by atoms with Crippen molar-refractivity contribution >= 4 is 31.5 Å². The summed E-state index contributed by atoms with van der Waals surface area (Å²) in [5.74, 6) is 0. The van der Waals surface area contributed by atoms with Gasteiger partial charge < -0.3 is 0 Å². The number of pyridine rings is 1. The summed E-state index contributed by atoms with van der Waals surface area (Å²) in [4.78, 5) is 4.35. The second-order valence-electron chi connectivity index (χ2n) is 2.36. The summed E-state index contributed by atoms with van der Waals surface area (Å²) in [6.07, 6.45) is 0. The van der Waals surface area contributed by atoms with Crippen molar-refractivity contribution in [2.24, 2.45) is 0 Å². The van der Waals surface area contributed by atoms with Gasteiger partial charge in [-0.25, -0.2) is 0 Å². The predicted octanol–water partition coefficient (Wildman–Crippen LogP) is 0.761. The Bertz CT molecular complexity index is 384. The van der Waals surface area contributed by atoms with Crippen LogP contribution in [0.1, 0.15) is 0 Å². The molecule has 0 saturated heterocycles. The first-order valence-electron chi connectivity index (χ1n) is 3.41. The SMILES string of the molecule is [SeH]c1ccc2ccccc2n1. The average Bonchev–Trinajstić information content (AvgIpc) is 2.04. The molecule has 1 heterocycles. The number of nitrogens with zero attached hydrogens (tertiary/aromatic N) is 1. The normalized spacial score (nSPS) is 10.3. The van der Waals surface area contributed by atoms with E-state index in [2.05, 4.69) is 33.1 Å². The van der Waals surface area contributed by atoms with Crippen LogP contribution in [-0.2, 0) is 0 Å². The number of para-hydroxylation sites is 1. The van der Waals surface area contributed by atoms with E-state index in [0.29, 0.717) is 0 Å². The number of rotatable bonds is 0. The molecule has 2 rings (SSSR count). The van der Waals surface area contributed by atoms with Crippen LogP contribution in [0, 0.1) is 0 Å². The second-order valence-corrected chi connectivity index (χ2v) is 3.32. The predicted molar refractivity (Wildman–Crippen MR) is 48.5 cm³/mol. The molecule has 1 aromatic heterocycles. The van der Waals surface area contributed by atoms with Gasteiger partial charge in [0.15, 0.2) is 0 Å². The first-order chi connectivity index (χ1) is 5.36. The van der Waals surface area contributed by atoms with Crippen molar-refractivity contribution in [2.75, 3.05) is 0 Å². The van der Waals surface area contributed by atoms with Crippen molar-refractivity contribution < 1.29 is 0 Å². The van der Waals surface area contributed by atoms with Gasteiger partial charge in [0.05, 0.1) is 0 Å². The number of benzene rings is 1. The van der Waals surface area contributed by atoms with Gasteiger partial charge in [0.2, 0.25) is 0 Å². The van der Waals surface area contributed by atoms with Crippen LogP contribution in [0.2, 0.25) is 0 Å². The van der Waals surface area contributed by atoms with Crippen LogP contribution in [0.15, 0.2) is 36.4 Å². The molecule has 0 fully saturated rings. The first-order valence-corrected chi connectivity index (χ1v) is 4.35. The summed E-state index contributed by atoms with van der Waals surface area (Å²) in [5, 5.41) is 1.20. The third-order valence-corrected chi connectivity index (χ3v) is 2.11. The molecule has 0 N–H and O–H groups in total. The van der Waals surface area contributed by atoms with Gasteiger partial charge in [-0.15, -0.1) is 0 Å². The Hall–Kier alpha value is -0.851. The van der Waals surface area contributed by atoms with E-state index in [9.17, 15) is 0 Å². The summed E-state index contributed by atoms with van der Waals surface area (Å²) < 4.78 is 1.01. The molecule has 0 spiro atoms. The number of hydrogen-bond donors (Lipinski definition) is 0. The van der Waals surface area contributed by atoms with E-state index in [1.54, 1.807) is 0 Å². The van der Waals surface area contributed by atoms with E-state index >= 15 is 0 Å². The van der Waals surface area contributed by atoms with Crippen molar-refractivity contribution in [2.45, 2.75) is 0 Å². The van der Waals surface area contributed by atoms with E-state index in [0.717, 1.165) is 10.1 Å². The fourth-order valence-corrected chi connectivity index (χ4v) is 1.44. The molecule has 0 radical (unpaired) electrons. The quantitative estimate of drug-likeness (QED) is 0.582. The standard InChI is InChI=1S/C9H7NSe/c11-9-6-5-7-3-1-2-4-8(7)10-9/h1-6H,(H,10,11). The van der Waals surface area contributed by atoms with Crippen molar-refractivity contribution in [3.8, 4) is 0 Å². The first kappa shape index (κ1) is 6.83. The molecule has 0 aliphatic carbocycles. The molecule has 0 unspecified atom stereocenters. The summed E-state index contributed by atoms with van der Waals surface area (Å²) in [5.41, 5.74) is 1.06. The molecule has 11 heavy (non-hydrogen) atoms. The monoisotopic (exact) mass is 209 g/mol. The van der Waals surface area contributed by atoms with Gasteiger partial charge in [0.25, 0.3) is 0 Å². The van der Waals surface area contributed by atoms with Crippen LogP contribution in [0.4, 0.5) is 0 Å². The van der Waals surface area contributed by atoms with Gasteiger partial charge in [-0.1, -0.05) is 0 Å². The van der Waals surface area contributed by atoms with E-state index in [-0.39, 0.29) is 0 Å². The second kappa shape index (κ2) is 2.65. The van der Waals surface area contributed by atoms with E-state index in [4.69, 9.17) is 0 Å². The zero-order chi connectivity index (χ0) is 7.68. The average molecular weight is 208 g/mol. The summed E-state index contributed by atoms with van der Waals surface area (Å²) in [6.45, 7) is 0. The van der Waals surface area contributed by atoms with Crippen LogP contribution in [0.5, 0.6) is 0 Å². The number of hydrogen-bond acceptors (Lipinski definition) is 1. The molecule has 2 aromatic rings. The fourth-order valence-electron chi connectivity index (χ4n) is 1.06. The zero-order valence-electron chi connectivity index (χ0n) is 5.86. The van der Waals surface area contributed by atoms with E-state index in [1.807, 2.05) is 24.3 Å². The van der Waals surface area contributed by atoms with E-state index in [1.165, 1.54) is 5.39 Å². The van der Waals surface area contributed by atoms with Crippen LogP contribution in [-0.4, -0.2) is 21.0 Å². The molecule has 0 saturated carbocycles. The van der Waals surface area contributed by atoms with Gasteiger partial charge in [0.1, 0.15) is 0 Å². The Morgan fingerprint density at radius 1 is 1.00 bits per heavy atom. The van der Waals surface area contributed by atoms with Crippen LogP contribution >= 0.6 is 0 Å². The molecule has 1 aromatic carbocycles. The number of aromatic nitrogens is 1. The van der Waals surface area contributed by atoms with Gasteiger partial charge in [0, 0.05) is 0 Å².